The van der Waals surface area contributed by atoms with Crippen molar-refractivity contribution in [1.82, 2.24) is 5.32 Å². The van der Waals surface area contributed by atoms with E-state index in [0.717, 1.165) is 68.8 Å². The first kappa shape index (κ1) is 28.1. The fraction of sp³-hybridized carbons (Fsp3) is 0.471. The van der Waals surface area contributed by atoms with Crippen LogP contribution >= 0.6 is 0 Å². The van der Waals surface area contributed by atoms with Gasteiger partial charge < -0.3 is 15.0 Å². The fourth-order valence-electron chi connectivity index (χ4n) is 6.90. The van der Waals surface area contributed by atoms with Crippen LogP contribution in [0.5, 0.6) is 5.75 Å². The summed E-state index contributed by atoms with van der Waals surface area (Å²) in [6.45, 7) is 1.53. The molecule has 1 atom stereocenters. The predicted molar refractivity (Wildman–Crippen MR) is 154 cm³/mol. The highest BCUT2D eigenvalue weighted by atomic mass is 19.4. The molecule has 3 aromatic carbocycles. The lowest BCUT2D eigenvalue weighted by molar-refractivity contribution is -0.137. The molecule has 1 N–H and O–H groups in total. The number of alkyl halides is 3. The van der Waals surface area contributed by atoms with Crippen molar-refractivity contribution >= 4 is 5.69 Å². The number of aryl methyl sites for hydroxylation is 1. The van der Waals surface area contributed by atoms with Crippen molar-refractivity contribution in [2.75, 3.05) is 18.0 Å². The zero-order valence-corrected chi connectivity index (χ0v) is 23.3. The number of nitrogens with one attached hydrogen (secondary N) is 1. The first-order chi connectivity index (χ1) is 19.8. The summed E-state index contributed by atoms with van der Waals surface area (Å²) < 4.78 is 58.2. The third-order valence-electron chi connectivity index (χ3n) is 9.22. The number of hydrogen-bond acceptors (Lipinski definition) is 3. The summed E-state index contributed by atoms with van der Waals surface area (Å²) in [6, 6.07) is 19.9. The second-order valence-corrected chi connectivity index (χ2v) is 12.0. The van der Waals surface area contributed by atoms with Crippen LogP contribution in [0.25, 0.3) is 0 Å². The van der Waals surface area contributed by atoms with Gasteiger partial charge in [-0.1, -0.05) is 18.2 Å². The molecule has 1 saturated carbocycles. The van der Waals surface area contributed by atoms with E-state index in [1.165, 1.54) is 42.4 Å². The van der Waals surface area contributed by atoms with Crippen molar-refractivity contribution in [1.29, 1.82) is 0 Å². The van der Waals surface area contributed by atoms with Crippen molar-refractivity contribution in [3.05, 3.63) is 94.8 Å². The van der Waals surface area contributed by atoms with Gasteiger partial charge in [-0.2, -0.15) is 13.2 Å². The molecule has 0 spiro atoms. The normalized spacial score (nSPS) is 23.4. The third kappa shape index (κ3) is 6.88. The van der Waals surface area contributed by atoms with Crippen LogP contribution in [0.3, 0.4) is 0 Å². The molecule has 41 heavy (non-hydrogen) atoms. The van der Waals surface area contributed by atoms with Gasteiger partial charge in [0.25, 0.3) is 0 Å². The molecule has 2 aliphatic carbocycles. The van der Waals surface area contributed by atoms with Crippen LogP contribution in [0, 0.1) is 11.7 Å². The van der Waals surface area contributed by atoms with E-state index >= 15 is 0 Å². The Labute approximate surface area is 239 Å². The predicted octanol–water partition coefficient (Wildman–Crippen LogP) is 8.27. The summed E-state index contributed by atoms with van der Waals surface area (Å²) in [7, 11) is 0. The maximum Gasteiger partial charge on any atom is 0.416 e. The molecule has 1 aliphatic heterocycles. The fourth-order valence-corrected chi connectivity index (χ4v) is 6.90. The zero-order chi connectivity index (χ0) is 28.4. The van der Waals surface area contributed by atoms with Crippen LogP contribution in [0.15, 0.2) is 66.7 Å². The summed E-state index contributed by atoms with van der Waals surface area (Å²) in [5.41, 5.74) is 4.21. The summed E-state index contributed by atoms with van der Waals surface area (Å²) in [5, 5.41) is 3.94. The lowest BCUT2D eigenvalue weighted by Crippen LogP contribution is -2.38. The van der Waals surface area contributed by atoms with Gasteiger partial charge in [-0.3, -0.25) is 0 Å². The Morgan fingerprint density at radius 2 is 1.51 bits per heavy atom. The summed E-state index contributed by atoms with van der Waals surface area (Å²) in [4.78, 5) is 2.13. The van der Waals surface area contributed by atoms with Crippen LogP contribution in [0.4, 0.5) is 23.2 Å². The molecule has 2 fully saturated rings. The Kier molecular flexibility index (Phi) is 8.25. The molecule has 6 rings (SSSR count). The summed E-state index contributed by atoms with van der Waals surface area (Å²) >= 11 is 0. The second kappa shape index (κ2) is 12.0. The highest BCUT2D eigenvalue weighted by molar-refractivity contribution is 5.48. The number of hydrogen-bond donors (Lipinski definition) is 1. The van der Waals surface area contributed by atoms with Crippen LogP contribution in [-0.4, -0.2) is 25.2 Å². The number of anilines is 1. The lowest BCUT2D eigenvalue weighted by Gasteiger charge is -2.34. The van der Waals surface area contributed by atoms with Crippen molar-refractivity contribution in [2.45, 2.75) is 82.2 Å². The first-order valence-corrected chi connectivity index (χ1v) is 15.0. The van der Waals surface area contributed by atoms with E-state index < -0.39 is 11.7 Å². The van der Waals surface area contributed by atoms with Crippen molar-refractivity contribution in [3.8, 4) is 5.75 Å². The molecule has 3 aliphatic rings. The molecular weight excluding hydrogens is 528 g/mol. The van der Waals surface area contributed by atoms with Gasteiger partial charge in [0.2, 0.25) is 0 Å². The number of ether oxygens (including phenoxy) is 1. The lowest BCUT2D eigenvalue weighted by atomic mass is 9.82. The van der Waals surface area contributed by atoms with E-state index in [-0.39, 0.29) is 11.9 Å². The molecule has 3 aromatic rings. The van der Waals surface area contributed by atoms with E-state index in [1.54, 1.807) is 24.3 Å². The van der Waals surface area contributed by atoms with Gasteiger partial charge >= 0.3 is 6.18 Å². The molecule has 7 heteroatoms. The number of rotatable bonds is 7. The number of benzene rings is 3. The van der Waals surface area contributed by atoms with Crippen molar-refractivity contribution in [3.63, 3.8) is 0 Å². The Hall–Kier alpha value is -3.06. The molecule has 1 heterocycles. The maximum atomic E-state index is 13.2. The average molecular weight is 567 g/mol. The topological polar surface area (TPSA) is 24.5 Å². The quantitative estimate of drug-likeness (QED) is 0.291. The SMILES string of the molecule is Fc1ccc(CC2CCC(NC3CCc4cc(OC5CCN(c6ccc(C(F)(F)F)cc6)CC5)ccc43)CC2)cc1. The van der Waals surface area contributed by atoms with E-state index in [0.29, 0.717) is 18.0 Å². The van der Waals surface area contributed by atoms with Gasteiger partial charge in [-0.05, 0) is 116 Å². The summed E-state index contributed by atoms with van der Waals surface area (Å²) in [6.07, 6.45) is 5.47. The Morgan fingerprint density at radius 1 is 0.805 bits per heavy atom. The standard InChI is InChI=1S/C34H38F4N2O/c35-27-8-1-23(2-9-27)21-24-3-10-28(11-4-24)39-33-16-5-25-22-31(14-15-32(25)33)41-30-17-19-40(20-18-30)29-12-6-26(7-13-29)34(36,37)38/h1-2,6-9,12-15,22,24,28,30,33,39H,3-5,10-11,16-21H2. The molecule has 0 amide bonds. The van der Waals surface area contributed by atoms with Gasteiger partial charge in [-0.25, -0.2) is 4.39 Å². The van der Waals surface area contributed by atoms with E-state index in [4.69, 9.17) is 4.74 Å². The average Bonchev–Trinajstić information content (AvgIpc) is 3.37. The largest absolute Gasteiger partial charge is 0.490 e. The van der Waals surface area contributed by atoms with E-state index in [9.17, 15) is 17.6 Å². The number of nitrogens with zero attached hydrogens (tertiary/aromatic N) is 1. The van der Waals surface area contributed by atoms with Gasteiger partial charge in [-0.15, -0.1) is 0 Å². The minimum Gasteiger partial charge on any atom is -0.490 e. The molecular formula is C34H38F4N2O. The van der Waals surface area contributed by atoms with Gasteiger partial charge in [0.05, 0.1) is 5.56 Å². The zero-order valence-electron chi connectivity index (χ0n) is 23.3. The number of fused-ring (bicyclic) bond motifs is 1. The molecule has 1 unspecified atom stereocenters. The molecule has 3 nitrogen and oxygen atoms in total. The second-order valence-electron chi connectivity index (χ2n) is 12.0. The third-order valence-corrected chi connectivity index (χ3v) is 9.22. The maximum absolute atomic E-state index is 13.2. The molecule has 1 saturated heterocycles. The highest BCUT2D eigenvalue weighted by Gasteiger charge is 2.31. The molecule has 0 bridgehead atoms. The van der Waals surface area contributed by atoms with Crippen LogP contribution in [0.2, 0.25) is 0 Å². The Balaban J connectivity index is 0.962. The number of piperidine rings is 1. The summed E-state index contributed by atoms with van der Waals surface area (Å²) in [5.74, 6) is 1.42. The monoisotopic (exact) mass is 566 g/mol. The van der Waals surface area contributed by atoms with E-state index in [1.807, 2.05) is 12.1 Å². The van der Waals surface area contributed by atoms with Crippen molar-refractivity contribution < 1.29 is 22.3 Å². The minimum atomic E-state index is -4.31. The Morgan fingerprint density at radius 3 is 2.20 bits per heavy atom. The van der Waals surface area contributed by atoms with E-state index in [2.05, 4.69) is 28.4 Å². The Bertz CT molecular complexity index is 1290. The molecule has 218 valence electrons. The van der Waals surface area contributed by atoms with Gasteiger partial charge in [0.1, 0.15) is 17.7 Å². The van der Waals surface area contributed by atoms with Gasteiger partial charge in [0, 0.05) is 43.7 Å². The smallest absolute Gasteiger partial charge is 0.416 e. The first-order valence-electron chi connectivity index (χ1n) is 15.0. The van der Waals surface area contributed by atoms with Crippen molar-refractivity contribution in [2.24, 2.45) is 5.92 Å². The highest BCUT2D eigenvalue weighted by Crippen LogP contribution is 2.37. The van der Waals surface area contributed by atoms with Crippen LogP contribution < -0.4 is 15.0 Å². The molecule has 0 radical (unpaired) electrons. The number of halogens is 4. The molecule has 0 aromatic heterocycles. The van der Waals surface area contributed by atoms with Crippen LogP contribution in [-0.2, 0) is 19.0 Å². The minimum absolute atomic E-state index is 0.110. The van der Waals surface area contributed by atoms with Gasteiger partial charge in [0.15, 0.2) is 0 Å². The van der Waals surface area contributed by atoms with Crippen LogP contribution in [0.1, 0.15) is 73.2 Å².